The highest BCUT2D eigenvalue weighted by molar-refractivity contribution is 6.05. The van der Waals surface area contributed by atoms with Crippen LogP contribution in [-0.2, 0) is 18.3 Å². The molecule has 2 heterocycles. The minimum atomic E-state index is -0.550. The molecule has 1 fully saturated rings. The Hall–Kier alpha value is -3.12. The van der Waals surface area contributed by atoms with E-state index in [1.807, 2.05) is 30.3 Å². The van der Waals surface area contributed by atoms with Crippen molar-refractivity contribution in [3.05, 3.63) is 76.1 Å². The molecule has 0 aliphatic carbocycles. The van der Waals surface area contributed by atoms with Gasteiger partial charge in [-0.05, 0) is 18.6 Å². The number of para-hydroxylation sites is 1. The lowest BCUT2D eigenvalue weighted by Crippen LogP contribution is -2.47. The van der Waals surface area contributed by atoms with Gasteiger partial charge in [-0.3, -0.25) is 9.69 Å². The summed E-state index contributed by atoms with van der Waals surface area (Å²) in [5, 5.41) is 0.902. The summed E-state index contributed by atoms with van der Waals surface area (Å²) in [6, 6.07) is 18.2. The number of carbonyl (C=O) groups excluding carboxylic acids is 1. The molecule has 0 radical (unpaired) electrons. The Kier molecular flexibility index (Phi) is 7.13. The first-order valence-corrected chi connectivity index (χ1v) is 10.4. The van der Waals surface area contributed by atoms with Gasteiger partial charge in [0.15, 0.2) is 0 Å². The van der Waals surface area contributed by atoms with E-state index < -0.39 is 5.97 Å². The number of hydrogen-bond donors (Lipinski definition) is 0. The molecule has 0 atom stereocenters. The van der Waals surface area contributed by atoms with E-state index in [2.05, 4.69) is 34.1 Å². The predicted octanol–water partition coefficient (Wildman–Crippen LogP) is 3.67. The molecular formula is C25H31N3O3. The van der Waals surface area contributed by atoms with E-state index in [4.69, 9.17) is 4.74 Å². The Labute approximate surface area is 183 Å². The average Bonchev–Trinajstić information content (AvgIpc) is 2.77. The zero-order valence-corrected chi connectivity index (χ0v) is 17.5. The lowest BCUT2D eigenvalue weighted by atomic mass is 10.1. The minimum Gasteiger partial charge on any atom is -0.462 e. The summed E-state index contributed by atoms with van der Waals surface area (Å²) >= 11 is 0. The van der Waals surface area contributed by atoms with Crippen molar-refractivity contribution in [2.24, 2.45) is 7.05 Å². The van der Waals surface area contributed by atoms with Crippen LogP contribution in [0.4, 0.5) is 5.69 Å². The van der Waals surface area contributed by atoms with E-state index in [9.17, 15) is 9.59 Å². The molecule has 1 aliphatic heterocycles. The van der Waals surface area contributed by atoms with Gasteiger partial charge in [0.2, 0.25) is 0 Å². The number of anilines is 1. The van der Waals surface area contributed by atoms with Crippen molar-refractivity contribution < 1.29 is 9.53 Å². The van der Waals surface area contributed by atoms with Crippen molar-refractivity contribution in [1.29, 1.82) is 0 Å². The third-order valence-electron chi connectivity index (χ3n) is 5.69. The van der Waals surface area contributed by atoms with E-state index in [-0.39, 0.29) is 25.2 Å². The quantitative estimate of drug-likeness (QED) is 0.589. The number of nitrogens with zero attached hydrogens (tertiary/aromatic N) is 3. The number of carbonyl (C=O) groups is 1. The lowest BCUT2D eigenvalue weighted by molar-refractivity contribution is 0.0524. The van der Waals surface area contributed by atoms with E-state index in [0.717, 1.165) is 43.6 Å². The first kappa shape index (κ1) is 22.6. The van der Waals surface area contributed by atoms with Gasteiger partial charge in [-0.25, -0.2) is 4.79 Å². The number of benzene rings is 2. The molecule has 0 N–H and O–H groups in total. The number of fused-ring (bicyclic) bond motifs is 1. The highest BCUT2D eigenvalue weighted by Crippen LogP contribution is 2.30. The second-order valence-corrected chi connectivity index (χ2v) is 7.57. The number of aromatic nitrogens is 1. The fourth-order valence-corrected chi connectivity index (χ4v) is 4.17. The van der Waals surface area contributed by atoms with Crippen molar-refractivity contribution in [3.63, 3.8) is 0 Å². The fourth-order valence-electron chi connectivity index (χ4n) is 4.17. The van der Waals surface area contributed by atoms with Gasteiger partial charge in [-0.1, -0.05) is 56.0 Å². The van der Waals surface area contributed by atoms with Crippen molar-refractivity contribution in [2.45, 2.75) is 20.9 Å². The summed E-state index contributed by atoms with van der Waals surface area (Å²) in [6.45, 7) is 6.11. The topological polar surface area (TPSA) is 54.8 Å². The summed E-state index contributed by atoms with van der Waals surface area (Å²) in [6.07, 6.45) is 0. The van der Waals surface area contributed by atoms with Gasteiger partial charge in [0, 0.05) is 45.2 Å². The van der Waals surface area contributed by atoms with E-state index in [0.29, 0.717) is 5.69 Å². The average molecular weight is 422 g/mol. The van der Waals surface area contributed by atoms with Crippen LogP contribution >= 0.6 is 0 Å². The summed E-state index contributed by atoms with van der Waals surface area (Å²) in [7, 11) is 1.70. The summed E-state index contributed by atoms with van der Waals surface area (Å²) in [5.74, 6) is -0.550. The first-order chi connectivity index (χ1) is 14.6. The second-order valence-electron chi connectivity index (χ2n) is 7.57. The molecule has 1 aromatic heterocycles. The molecule has 6 nitrogen and oxygen atoms in total. The molecule has 0 saturated carbocycles. The first-order valence-electron chi connectivity index (χ1n) is 10.4. The van der Waals surface area contributed by atoms with Crippen LogP contribution in [0, 0.1) is 0 Å². The highest BCUT2D eigenvalue weighted by Gasteiger charge is 2.28. The summed E-state index contributed by atoms with van der Waals surface area (Å²) in [5.41, 5.74) is 2.63. The fraction of sp³-hybridized carbons (Fsp3) is 0.360. The molecule has 2 aromatic carbocycles. The highest BCUT2D eigenvalue weighted by atomic mass is 16.5. The van der Waals surface area contributed by atoms with Gasteiger partial charge in [-0.15, -0.1) is 0 Å². The Morgan fingerprint density at radius 1 is 0.968 bits per heavy atom. The number of rotatable bonds is 5. The number of ether oxygens (including phenoxy) is 1. The summed E-state index contributed by atoms with van der Waals surface area (Å²) < 4.78 is 6.79. The van der Waals surface area contributed by atoms with E-state index in [1.165, 1.54) is 10.1 Å². The Morgan fingerprint density at radius 2 is 1.61 bits per heavy atom. The summed E-state index contributed by atoms with van der Waals surface area (Å²) in [4.78, 5) is 30.4. The Balaban J connectivity index is 0.00000272. The maximum atomic E-state index is 13.1. The third kappa shape index (κ3) is 4.49. The minimum absolute atomic E-state index is 0. The molecule has 31 heavy (non-hydrogen) atoms. The van der Waals surface area contributed by atoms with Crippen LogP contribution in [0.15, 0.2) is 59.4 Å². The number of pyridine rings is 1. The van der Waals surface area contributed by atoms with Gasteiger partial charge < -0.3 is 14.2 Å². The largest absolute Gasteiger partial charge is 0.462 e. The second kappa shape index (κ2) is 9.79. The molecule has 0 amide bonds. The molecule has 0 unspecified atom stereocenters. The Morgan fingerprint density at radius 3 is 2.29 bits per heavy atom. The molecule has 164 valence electrons. The van der Waals surface area contributed by atoms with E-state index >= 15 is 0 Å². The zero-order chi connectivity index (χ0) is 21.1. The molecule has 4 rings (SSSR count). The Bertz CT molecular complexity index is 1100. The SMILES string of the molecule is C.CCOC(=O)c1c(N2CCN(Cc3ccccc3)CC2)c2ccccc2n(C)c1=O. The molecule has 0 spiro atoms. The predicted molar refractivity (Wildman–Crippen MR) is 126 cm³/mol. The molecule has 1 aliphatic rings. The van der Waals surface area contributed by atoms with Crippen molar-refractivity contribution >= 4 is 22.6 Å². The van der Waals surface area contributed by atoms with Crippen LogP contribution in [-0.4, -0.2) is 48.2 Å². The van der Waals surface area contributed by atoms with Crippen LogP contribution in [0.2, 0.25) is 0 Å². The molecule has 1 saturated heterocycles. The monoisotopic (exact) mass is 421 g/mol. The third-order valence-corrected chi connectivity index (χ3v) is 5.69. The van der Waals surface area contributed by atoms with Gasteiger partial charge in [-0.2, -0.15) is 0 Å². The number of esters is 1. The van der Waals surface area contributed by atoms with Crippen molar-refractivity contribution in [3.8, 4) is 0 Å². The molecule has 3 aromatic rings. The van der Waals surface area contributed by atoms with Crippen LogP contribution in [0.25, 0.3) is 10.9 Å². The van der Waals surface area contributed by atoms with Crippen molar-refractivity contribution in [2.75, 3.05) is 37.7 Å². The van der Waals surface area contributed by atoms with Gasteiger partial charge in [0.05, 0.1) is 17.8 Å². The van der Waals surface area contributed by atoms with Crippen LogP contribution < -0.4 is 10.5 Å². The van der Waals surface area contributed by atoms with Gasteiger partial charge in [0.25, 0.3) is 5.56 Å². The number of piperazine rings is 1. The lowest BCUT2D eigenvalue weighted by Gasteiger charge is -2.37. The molecule has 6 heteroatoms. The van der Waals surface area contributed by atoms with Crippen LogP contribution in [0.3, 0.4) is 0 Å². The normalized spacial score (nSPS) is 14.3. The van der Waals surface area contributed by atoms with Crippen molar-refractivity contribution in [1.82, 2.24) is 9.47 Å². The van der Waals surface area contributed by atoms with E-state index in [1.54, 1.807) is 14.0 Å². The van der Waals surface area contributed by atoms with Gasteiger partial charge in [0.1, 0.15) is 5.56 Å². The maximum Gasteiger partial charge on any atom is 0.345 e. The van der Waals surface area contributed by atoms with Crippen LogP contribution in [0.1, 0.15) is 30.3 Å². The smallest absolute Gasteiger partial charge is 0.345 e. The zero-order valence-electron chi connectivity index (χ0n) is 17.5. The van der Waals surface area contributed by atoms with Crippen LogP contribution in [0.5, 0.6) is 0 Å². The van der Waals surface area contributed by atoms with Gasteiger partial charge >= 0.3 is 5.97 Å². The maximum absolute atomic E-state index is 13.1. The molecule has 0 bridgehead atoms. The standard InChI is InChI=1S/C24H27N3O3.CH4/c1-3-30-24(29)21-22(19-11-7-8-12-20(19)25(2)23(21)28)27-15-13-26(14-16-27)17-18-9-5-4-6-10-18;/h4-12H,3,13-17H2,1-2H3;1H4. The number of aryl methyl sites for hydroxylation is 1. The molecular weight excluding hydrogens is 390 g/mol. The number of hydrogen-bond acceptors (Lipinski definition) is 5.